The number of aromatic nitrogens is 1. The molecule has 0 spiro atoms. The summed E-state index contributed by atoms with van der Waals surface area (Å²) in [5, 5.41) is 12.6. The maximum atomic E-state index is 9.33. The summed E-state index contributed by atoms with van der Waals surface area (Å²) >= 11 is 3.43. The van der Waals surface area contributed by atoms with Crippen LogP contribution in [0.15, 0.2) is 41.1 Å². The smallest absolute Gasteiger partial charge is 0.137 e. The van der Waals surface area contributed by atoms with Gasteiger partial charge < -0.3 is 15.2 Å². The molecule has 1 heterocycles. The fourth-order valence-corrected chi connectivity index (χ4v) is 2.22. The lowest BCUT2D eigenvalue weighted by atomic mass is 10.2. The molecule has 106 valence electrons. The van der Waals surface area contributed by atoms with Crippen molar-refractivity contribution in [2.45, 2.75) is 20.1 Å². The molecule has 1 aromatic carbocycles. The Labute approximate surface area is 126 Å². The maximum Gasteiger partial charge on any atom is 0.137 e. The highest BCUT2D eigenvalue weighted by atomic mass is 79.9. The lowest BCUT2D eigenvalue weighted by Gasteiger charge is -2.12. The van der Waals surface area contributed by atoms with Crippen LogP contribution in [0.1, 0.15) is 18.1 Å². The summed E-state index contributed by atoms with van der Waals surface area (Å²) in [4.78, 5) is 4.15. The molecule has 0 atom stereocenters. The number of pyridine rings is 1. The predicted molar refractivity (Wildman–Crippen MR) is 82.8 cm³/mol. The molecule has 0 aliphatic rings. The summed E-state index contributed by atoms with van der Waals surface area (Å²) in [7, 11) is 0. The average molecular weight is 337 g/mol. The van der Waals surface area contributed by atoms with Gasteiger partial charge in [-0.05, 0) is 30.7 Å². The Morgan fingerprint density at radius 2 is 2.15 bits per heavy atom. The van der Waals surface area contributed by atoms with Crippen LogP contribution >= 0.6 is 15.9 Å². The van der Waals surface area contributed by atoms with Crippen LogP contribution in [0.2, 0.25) is 0 Å². The molecular formula is C15H17BrN2O2. The number of nitrogens with zero attached hydrogens (tertiary/aromatic N) is 1. The number of benzene rings is 1. The van der Waals surface area contributed by atoms with E-state index in [1.54, 1.807) is 12.4 Å². The van der Waals surface area contributed by atoms with Crippen LogP contribution in [-0.2, 0) is 13.2 Å². The van der Waals surface area contributed by atoms with Crippen molar-refractivity contribution >= 4 is 21.6 Å². The van der Waals surface area contributed by atoms with Crippen molar-refractivity contribution in [1.82, 2.24) is 4.98 Å². The first kappa shape index (κ1) is 14.8. The van der Waals surface area contributed by atoms with Crippen molar-refractivity contribution in [3.63, 3.8) is 0 Å². The van der Waals surface area contributed by atoms with Gasteiger partial charge in [-0.3, -0.25) is 4.98 Å². The van der Waals surface area contributed by atoms with Crippen LogP contribution < -0.4 is 10.1 Å². The third kappa shape index (κ3) is 3.95. The molecule has 0 amide bonds. The van der Waals surface area contributed by atoms with Crippen LogP contribution in [0, 0.1) is 0 Å². The van der Waals surface area contributed by atoms with Gasteiger partial charge in [-0.2, -0.15) is 0 Å². The van der Waals surface area contributed by atoms with E-state index in [4.69, 9.17) is 4.74 Å². The Morgan fingerprint density at radius 1 is 1.30 bits per heavy atom. The summed E-state index contributed by atoms with van der Waals surface area (Å²) in [6, 6.07) is 7.71. The lowest BCUT2D eigenvalue weighted by Crippen LogP contribution is -2.03. The summed E-state index contributed by atoms with van der Waals surface area (Å²) < 4.78 is 6.40. The van der Waals surface area contributed by atoms with E-state index in [9.17, 15) is 5.11 Å². The fraction of sp³-hybridized carbons (Fsp3) is 0.267. The first-order chi connectivity index (χ1) is 9.72. The molecule has 0 bridgehead atoms. The van der Waals surface area contributed by atoms with Gasteiger partial charge in [0, 0.05) is 28.5 Å². The van der Waals surface area contributed by atoms with Gasteiger partial charge >= 0.3 is 0 Å². The van der Waals surface area contributed by atoms with Crippen LogP contribution in [0.3, 0.4) is 0 Å². The molecule has 0 saturated carbocycles. The predicted octanol–water partition coefficient (Wildman–Crippen LogP) is 3.35. The second kappa shape index (κ2) is 7.26. The Morgan fingerprint density at radius 3 is 2.90 bits per heavy atom. The topological polar surface area (TPSA) is 54.4 Å². The van der Waals surface area contributed by atoms with Crippen LogP contribution in [0.4, 0.5) is 5.69 Å². The van der Waals surface area contributed by atoms with E-state index in [-0.39, 0.29) is 6.61 Å². The number of halogens is 1. The van der Waals surface area contributed by atoms with Crippen molar-refractivity contribution in [2.24, 2.45) is 0 Å². The number of anilines is 1. The van der Waals surface area contributed by atoms with Gasteiger partial charge in [-0.25, -0.2) is 0 Å². The Balaban J connectivity index is 2.08. The molecule has 1 aromatic heterocycles. The largest absolute Gasteiger partial charge is 0.492 e. The second-order valence-electron chi connectivity index (χ2n) is 4.28. The van der Waals surface area contributed by atoms with Crippen LogP contribution in [0.25, 0.3) is 0 Å². The van der Waals surface area contributed by atoms with E-state index in [2.05, 4.69) is 26.2 Å². The van der Waals surface area contributed by atoms with E-state index < -0.39 is 0 Å². The van der Waals surface area contributed by atoms with Gasteiger partial charge in [0.05, 0.1) is 19.4 Å². The number of hydrogen-bond acceptors (Lipinski definition) is 4. The van der Waals surface area contributed by atoms with Gasteiger partial charge in [0.1, 0.15) is 5.75 Å². The van der Waals surface area contributed by atoms with E-state index in [1.807, 2.05) is 31.2 Å². The van der Waals surface area contributed by atoms with Gasteiger partial charge in [0.25, 0.3) is 0 Å². The zero-order valence-electron chi connectivity index (χ0n) is 11.3. The monoisotopic (exact) mass is 336 g/mol. The number of hydrogen-bond donors (Lipinski definition) is 2. The van der Waals surface area contributed by atoms with E-state index in [0.29, 0.717) is 13.2 Å². The highest BCUT2D eigenvalue weighted by molar-refractivity contribution is 9.10. The molecule has 0 radical (unpaired) electrons. The van der Waals surface area contributed by atoms with Crippen LogP contribution in [-0.4, -0.2) is 16.7 Å². The Kier molecular flexibility index (Phi) is 5.38. The zero-order valence-corrected chi connectivity index (χ0v) is 12.9. The highest BCUT2D eigenvalue weighted by Gasteiger charge is 2.03. The minimum Gasteiger partial charge on any atom is -0.492 e. The Hall–Kier alpha value is -1.59. The van der Waals surface area contributed by atoms with E-state index in [0.717, 1.165) is 27.0 Å². The third-order valence-corrected chi connectivity index (χ3v) is 3.30. The Bertz CT molecular complexity index is 576. The lowest BCUT2D eigenvalue weighted by molar-refractivity contribution is 0.282. The number of rotatable bonds is 6. The normalized spacial score (nSPS) is 10.3. The van der Waals surface area contributed by atoms with Gasteiger partial charge in [-0.15, -0.1) is 0 Å². The average Bonchev–Trinajstić information content (AvgIpc) is 2.46. The summed E-state index contributed by atoms with van der Waals surface area (Å²) in [5.41, 5.74) is 2.80. The number of ether oxygens (including phenoxy) is 1. The first-order valence-electron chi connectivity index (χ1n) is 6.42. The SMILES string of the molecule is CCOc1cncc(CNc2cc(Br)ccc2CO)c1. The molecule has 2 aromatic rings. The molecule has 0 unspecified atom stereocenters. The van der Waals surface area contributed by atoms with Crippen molar-refractivity contribution in [2.75, 3.05) is 11.9 Å². The summed E-state index contributed by atoms with van der Waals surface area (Å²) in [6.07, 6.45) is 3.50. The maximum absolute atomic E-state index is 9.33. The van der Waals surface area contributed by atoms with Gasteiger partial charge in [-0.1, -0.05) is 22.0 Å². The molecule has 4 nitrogen and oxygen atoms in total. The zero-order chi connectivity index (χ0) is 14.4. The van der Waals surface area contributed by atoms with Crippen molar-refractivity contribution in [3.05, 3.63) is 52.3 Å². The molecule has 0 saturated heterocycles. The van der Waals surface area contributed by atoms with Crippen molar-refractivity contribution in [1.29, 1.82) is 0 Å². The molecule has 2 rings (SSSR count). The number of aliphatic hydroxyl groups is 1. The van der Waals surface area contributed by atoms with Crippen molar-refractivity contribution in [3.8, 4) is 5.75 Å². The standard InChI is InChI=1S/C15H17BrN2O2/c1-2-20-14-5-11(7-17-9-14)8-18-15-6-13(16)4-3-12(15)10-19/h3-7,9,18-19H,2,8,10H2,1H3. The molecular weight excluding hydrogens is 320 g/mol. The number of nitrogens with one attached hydrogen (secondary N) is 1. The fourth-order valence-electron chi connectivity index (χ4n) is 1.85. The minimum atomic E-state index is 0.00679. The summed E-state index contributed by atoms with van der Waals surface area (Å²) in [5.74, 6) is 0.767. The molecule has 2 N–H and O–H groups in total. The molecule has 0 fully saturated rings. The first-order valence-corrected chi connectivity index (χ1v) is 7.22. The molecule has 20 heavy (non-hydrogen) atoms. The quantitative estimate of drug-likeness (QED) is 0.849. The van der Waals surface area contributed by atoms with Gasteiger partial charge in [0.2, 0.25) is 0 Å². The third-order valence-electron chi connectivity index (χ3n) is 2.81. The van der Waals surface area contributed by atoms with E-state index >= 15 is 0 Å². The van der Waals surface area contributed by atoms with Gasteiger partial charge in [0.15, 0.2) is 0 Å². The van der Waals surface area contributed by atoms with Crippen LogP contribution in [0.5, 0.6) is 5.75 Å². The number of aliphatic hydroxyl groups excluding tert-OH is 1. The molecule has 0 aliphatic carbocycles. The second-order valence-corrected chi connectivity index (χ2v) is 5.19. The van der Waals surface area contributed by atoms with E-state index in [1.165, 1.54) is 0 Å². The molecule has 5 heteroatoms. The summed E-state index contributed by atoms with van der Waals surface area (Å²) in [6.45, 7) is 3.20. The molecule has 0 aliphatic heterocycles. The van der Waals surface area contributed by atoms with Crippen molar-refractivity contribution < 1.29 is 9.84 Å². The minimum absolute atomic E-state index is 0.00679. The highest BCUT2D eigenvalue weighted by Crippen LogP contribution is 2.22.